The Hall–Kier alpha value is -1.86. The van der Waals surface area contributed by atoms with Crippen LogP contribution in [0.4, 0.5) is 0 Å². The van der Waals surface area contributed by atoms with Crippen LogP contribution in [0.3, 0.4) is 0 Å². The fraction of sp³-hybridized carbons (Fsp3) is 0.500. The minimum absolute atomic E-state index is 0.0124. The van der Waals surface area contributed by atoms with E-state index in [1.165, 1.54) is 6.92 Å². The van der Waals surface area contributed by atoms with E-state index < -0.39 is 5.03 Å². The number of nitrogens with two attached hydrogens (primary N) is 1. The molecule has 0 aliphatic carbocycles. The van der Waals surface area contributed by atoms with Crippen molar-refractivity contribution in [2.75, 3.05) is 6.67 Å². The first-order valence-corrected chi connectivity index (χ1v) is 2.99. The highest BCUT2D eigenvalue weighted by molar-refractivity contribution is 5.78. The van der Waals surface area contributed by atoms with Crippen LogP contribution in [0, 0.1) is 10.1 Å². The van der Waals surface area contributed by atoms with Gasteiger partial charge in [-0.05, 0) is 0 Å². The van der Waals surface area contributed by atoms with Gasteiger partial charge in [-0.3, -0.25) is 4.79 Å². The number of carbonyl (C=O) groups excluding carboxylic acids is 1. The van der Waals surface area contributed by atoms with Gasteiger partial charge in [-0.2, -0.15) is 0 Å². The number of hydrogen-bond donors (Lipinski definition) is 3. The van der Waals surface area contributed by atoms with Crippen LogP contribution in [-0.2, 0) is 4.79 Å². The lowest BCUT2D eigenvalue weighted by Gasteiger charge is -2.01. The maximum atomic E-state index is 10.3. The van der Waals surface area contributed by atoms with Crippen molar-refractivity contribution in [3.05, 3.63) is 10.1 Å². The largest absolute Gasteiger partial charge is 0.365 e. The van der Waals surface area contributed by atoms with Gasteiger partial charge in [0.25, 0.3) is 5.96 Å². The van der Waals surface area contributed by atoms with Crippen LogP contribution in [-0.4, -0.2) is 23.6 Å². The van der Waals surface area contributed by atoms with Crippen LogP contribution < -0.4 is 16.4 Å². The Kier molecular flexibility index (Phi) is 4.12. The van der Waals surface area contributed by atoms with Gasteiger partial charge >= 0.3 is 0 Å². The average molecular weight is 175 g/mol. The summed E-state index contributed by atoms with van der Waals surface area (Å²) in [4.78, 5) is 20.0. The van der Waals surface area contributed by atoms with Crippen molar-refractivity contribution >= 4 is 11.9 Å². The number of nitrogens with one attached hydrogen (secondary N) is 2. The van der Waals surface area contributed by atoms with Gasteiger partial charge in [0.05, 0.1) is 6.67 Å². The Bertz CT molecular complexity index is 213. The lowest BCUT2D eigenvalue weighted by atomic mass is 10.7. The third kappa shape index (κ3) is 6.26. The second-order valence-electron chi connectivity index (χ2n) is 1.81. The van der Waals surface area contributed by atoms with E-state index in [9.17, 15) is 14.9 Å². The molecule has 0 spiro atoms. The van der Waals surface area contributed by atoms with Crippen molar-refractivity contribution in [3.8, 4) is 0 Å². The molecule has 0 rings (SSSR count). The summed E-state index contributed by atoms with van der Waals surface area (Å²) in [6.07, 6.45) is 0. The molecule has 0 aromatic carbocycles. The van der Waals surface area contributed by atoms with Crippen LogP contribution in [0.15, 0.2) is 5.10 Å². The monoisotopic (exact) mass is 175 g/mol. The Morgan fingerprint density at radius 1 is 1.67 bits per heavy atom. The number of nitrogens with zero attached hydrogens (tertiary/aromatic N) is 2. The molecule has 0 aromatic rings. The van der Waals surface area contributed by atoms with Gasteiger partial charge < -0.3 is 16.4 Å². The van der Waals surface area contributed by atoms with Crippen molar-refractivity contribution in [1.82, 2.24) is 10.6 Å². The molecule has 12 heavy (non-hydrogen) atoms. The molecular weight excluding hydrogens is 166 g/mol. The third-order valence-corrected chi connectivity index (χ3v) is 0.796. The number of guanidine groups is 1. The summed E-state index contributed by atoms with van der Waals surface area (Å²) < 4.78 is 0. The van der Waals surface area contributed by atoms with Crippen LogP contribution in [0.2, 0.25) is 0 Å². The maximum Gasteiger partial charge on any atom is 0.267 e. The molecule has 0 aliphatic rings. The van der Waals surface area contributed by atoms with E-state index in [-0.39, 0.29) is 18.5 Å². The molecule has 0 saturated carbocycles. The Labute approximate surface area is 68.0 Å². The van der Waals surface area contributed by atoms with Crippen molar-refractivity contribution in [2.24, 2.45) is 10.8 Å². The van der Waals surface area contributed by atoms with E-state index in [4.69, 9.17) is 5.73 Å². The first-order valence-electron chi connectivity index (χ1n) is 2.99. The summed E-state index contributed by atoms with van der Waals surface area (Å²) >= 11 is 0. The standard InChI is InChI=1S/C4H9N5O3/c1-3(10)6-2-7-4(5)8-9(11)12/h2H2,1H3,(H,6,10)(H3,5,7,8). The fourth-order valence-electron chi connectivity index (χ4n) is 0.383. The minimum atomic E-state index is -0.934. The van der Waals surface area contributed by atoms with E-state index in [1.807, 2.05) is 0 Å². The number of carbonyl (C=O) groups is 1. The molecule has 0 atom stereocenters. The molecule has 1 amide bonds. The normalized spacial score (nSPS) is 10.6. The molecule has 0 radical (unpaired) electrons. The predicted molar refractivity (Wildman–Crippen MR) is 40.4 cm³/mol. The van der Waals surface area contributed by atoms with Crippen molar-refractivity contribution in [3.63, 3.8) is 0 Å². The van der Waals surface area contributed by atoms with E-state index >= 15 is 0 Å². The summed E-state index contributed by atoms with van der Waals surface area (Å²) in [5, 5.41) is 16.1. The molecule has 0 bridgehead atoms. The van der Waals surface area contributed by atoms with Gasteiger partial charge in [0, 0.05) is 6.92 Å². The smallest absolute Gasteiger partial charge is 0.267 e. The Morgan fingerprint density at radius 3 is 2.67 bits per heavy atom. The second-order valence-corrected chi connectivity index (χ2v) is 1.81. The molecule has 8 nitrogen and oxygen atoms in total. The maximum absolute atomic E-state index is 10.3. The highest BCUT2D eigenvalue weighted by Gasteiger charge is 1.96. The third-order valence-electron chi connectivity index (χ3n) is 0.796. The van der Waals surface area contributed by atoms with Gasteiger partial charge in [-0.25, -0.2) is 10.1 Å². The fourth-order valence-corrected chi connectivity index (χ4v) is 0.383. The first-order chi connectivity index (χ1) is 5.52. The van der Waals surface area contributed by atoms with E-state index in [0.29, 0.717) is 0 Å². The van der Waals surface area contributed by atoms with E-state index in [2.05, 4.69) is 15.7 Å². The molecule has 0 saturated heterocycles. The molecular formula is C4H9N5O3. The zero-order chi connectivity index (χ0) is 9.56. The highest BCUT2D eigenvalue weighted by Crippen LogP contribution is 1.67. The second kappa shape index (κ2) is 4.88. The molecule has 68 valence electrons. The van der Waals surface area contributed by atoms with Crippen molar-refractivity contribution < 1.29 is 9.83 Å². The Balaban J connectivity index is 3.64. The SMILES string of the molecule is CC(=O)NCNC(N)=N[N+](=O)[O-]. The first kappa shape index (κ1) is 10.1. The topological polar surface area (TPSA) is 123 Å². The number of hydrazone groups is 1. The summed E-state index contributed by atoms with van der Waals surface area (Å²) in [7, 11) is 0. The summed E-state index contributed by atoms with van der Waals surface area (Å²) in [6.45, 7) is 1.32. The van der Waals surface area contributed by atoms with Gasteiger partial charge in [0.1, 0.15) is 5.10 Å². The van der Waals surface area contributed by atoms with Crippen molar-refractivity contribution in [2.45, 2.75) is 6.92 Å². The van der Waals surface area contributed by atoms with Crippen LogP contribution in [0.5, 0.6) is 0 Å². The van der Waals surface area contributed by atoms with E-state index in [1.54, 1.807) is 0 Å². The molecule has 8 heteroatoms. The summed E-state index contributed by atoms with van der Waals surface area (Å²) in [6, 6.07) is 0. The van der Waals surface area contributed by atoms with Gasteiger partial charge in [-0.1, -0.05) is 0 Å². The van der Waals surface area contributed by atoms with Gasteiger partial charge in [0.2, 0.25) is 5.91 Å². The predicted octanol–water partition coefficient (Wildman–Crippen LogP) is -1.82. The zero-order valence-corrected chi connectivity index (χ0v) is 6.40. The molecule has 4 N–H and O–H groups in total. The number of rotatable bonds is 3. The molecule has 0 heterocycles. The van der Waals surface area contributed by atoms with Crippen molar-refractivity contribution in [1.29, 1.82) is 0 Å². The van der Waals surface area contributed by atoms with Crippen LogP contribution in [0.1, 0.15) is 6.92 Å². The average Bonchev–Trinajstić information content (AvgIpc) is 1.84. The molecule has 0 aliphatic heterocycles. The van der Waals surface area contributed by atoms with Gasteiger partial charge in [0.15, 0.2) is 5.03 Å². The molecule has 0 fully saturated rings. The lowest BCUT2D eigenvalue weighted by molar-refractivity contribution is -0.485. The zero-order valence-electron chi connectivity index (χ0n) is 6.40. The Morgan fingerprint density at radius 2 is 2.25 bits per heavy atom. The highest BCUT2D eigenvalue weighted by atomic mass is 16.7. The van der Waals surface area contributed by atoms with Gasteiger partial charge in [-0.15, -0.1) is 0 Å². The number of nitro groups is 1. The summed E-state index contributed by atoms with van der Waals surface area (Å²) in [5.74, 6) is -0.620. The van der Waals surface area contributed by atoms with E-state index in [0.717, 1.165) is 0 Å². The number of amides is 1. The van der Waals surface area contributed by atoms with Crippen LogP contribution >= 0.6 is 0 Å². The number of hydrogen-bond acceptors (Lipinski definition) is 3. The lowest BCUT2D eigenvalue weighted by Crippen LogP contribution is -2.40. The summed E-state index contributed by atoms with van der Waals surface area (Å²) in [5.41, 5.74) is 5.01. The van der Waals surface area contributed by atoms with Crippen LogP contribution in [0.25, 0.3) is 0 Å². The molecule has 0 unspecified atom stereocenters. The molecule has 0 aromatic heterocycles. The minimum Gasteiger partial charge on any atom is -0.365 e. The quantitative estimate of drug-likeness (QED) is 0.153.